The summed E-state index contributed by atoms with van der Waals surface area (Å²) in [5.74, 6) is 1.33. The Kier molecular flexibility index (Phi) is 6.86. The van der Waals surface area contributed by atoms with Crippen molar-refractivity contribution in [1.29, 1.82) is 0 Å². The Morgan fingerprint density at radius 1 is 0.946 bits per heavy atom. The first kappa shape index (κ1) is 24.4. The third-order valence-electron chi connectivity index (χ3n) is 6.75. The second kappa shape index (κ2) is 10.4. The molecule has 1 heterocycles. The Morgan fingerprint density at radius 2 is 1.68 bits per heavy atom. The third-order valence-corrected chi connectivity index (χ3v) is 6.75. The maximum absolute atomic E-state index is 13.8. The lowest BCUT2D eigenvalue weighted by Gasteiger charge is -2.30. The number of esters is 1. The number of hydrogen-bond acceptors (Lipinski definition) is 7. The second-order valence-corrected chi connectivity index (χ2v) is 9.17. The zero-order valence-electron chi connectivity index (χ0n) is 21.2. The van der Waals surface area contributed by atoms with Crippen LogP contribution in [0.5, 0.6) is 17.2 Å². The zero-order valence-corrected chi connectivity index (χ0v) is 21.2. The van der Waals surface area contributed by atoms with Crippen LogP contribution in [-0.2, 0) is 9.59 Å². The molecule has 0 fully saturated rings. The molecule has 0 saturated heterocycles. The fraction of sp³-hybridized carbons (Fsp3) is 0.267. The van der Waals surface area contributed by atoms with E-state index in [4.69, 9.17) is 14.2 Å². The largest absolute Gasteiger partial charge is 0.497 e. The Hall–Kier alpha value is -4.26. The van der Waals surface area contributed by atoms with Gasteiger partial charge in [-0.25, -0.2) is 0 Å². The summed E-state index contributed by atoms with van der Waals surface area (Å²) in [5.41, 5.74) is 5.39. The average Bonchev–Trinajstić information content (AvgIpc) is 3.06. The highest BCUT2D eigenvalue weighted by atomic mass is 16.6. The summed E-state index contributed by atoms with van der Waals surface area (Å²) in [6.45, 7) is 3.64. The number of ether oxygens (including phenoxy) is 3. The minimum absolute atomic E-state index is 0.0564. The van der Waals surface area contributed by atoms with Crippen molar-refractivity contribution in [2.24, 2.45) is 0 Å². The molecule has 0 spiro atoms. The van der Waals surface area contributed by atoms with Gasteiger partial charge >= 0.3 is 5.97 Å². The van der Waals surface area contributed by atoms with Crippen LogP contribution in [0.1, 0.15) is 49.8 Å². The number of carbonyl (C=O) groups excluding carboxylic acids is 2. The van der Waals surface area contributed by atoms with Gasteiger partial charge in [-0.05, 0) is 66.8 Å². The zero-order chi connectivity index (χ0) is 25.9. The van der Waals surface area contributed by atoms with Crippen LogP contribution in [0, 0.1) is 0 Å². The van der Waals surface area contributed by atoms with Crippen LogP contribution in [-0.4, -0.2) is 25.5 Å². The molecular weight excluding hydrogens is 468 g/mol. The van der Waals surface area contributed by atoms with Crippen LogP contribution in [0.25, 0.3) is 0 Å². The van der Waals surface area contributed by atoms with E-state index in [2.05, 4.69) is 10.6 Å². The van der Waals surface area contributed by atoms with Crippen molar-refractivity contribution in [3.63, 3.8) is 0 Å². The van der Waals surface area contributed by atoms with Crippen molar-refractivity contribution in [1.82, 2.24) is 0 Å². The number of ketones is 1. The molecule has 0 bridgehead atoms. The molecule has 37 heavy (non-hydrogen) atoms. The van der Waals surface area contributed by atoms with E-state index in [1.54, 1.807) is 13.2 Å². The Morgan fingerprint density at radius 3 is 2.38 bits per heavy atom. The van der Waals surface area contributed by atoms with Gasteiger partial charge < -0.3 is 24.8 Å². The second-order valence-electron chi connectivity index (χ2n) is 9.17. The van der Waals surface area contributed by atoms with Crippen molar-refractivity contribution < 1.29 is 23.8 Å². The minimum atomic E-state index is -0.420. The summed E-state index contributed by atoms with van der Waals surface area (Å²) < 4.78 is 16.4. The number of hydrogen-bond donors (Lipinski definition) is 2. The molecule has 1 aliphatic heterocycles. The van der Waals surface area contributed by atoms with Crippen LogP contribution < -0.4 is 24.8 Å². The molecule has 0 radical (unpaired) electrons. The van der Waals surface area contributed by atoms with Crippen LogP contribution in [0.15, 0.2) is 78.0 Å². The number of allylic oxidation sites excluding steroid dienone is 1. The molecule has 2 aliphatic rings. The smallest absolute Gasteiger partial charge is 0.308 e. The van der Waals surface area contributed by atoms with Gasteiger partial charge in [0.15, 0.2) is 17.3 Å². The molecule has 2 atom stereocenters. The van der Waals surface area contributed by atoms with Crippen LogP contribution in [0.3, 0.4) is 0 Å². The van der Waals surface area contributed by atoms with Gasteiger partial charge in [0.1, 0.15) is 5.75 Å². The number of para-hydroxylation sites is 2. The fourth-order valence-electron chi connectivity index (χ4n) is 5.07. The molecule has 7 nitrogen and oxygen atoms in total. The summed E-state index contributed by atoms with van der Waals surface area (Å²) in [4.78, 5) is 25.4. The number of Topliss-reactive ketones (excluding diaryl/α,β-unsaturated/α-hetero) is 1. The highest BCUT2D eigenvalue weighted by Crippen LogP contribution is 2.45. The molecule has 0 unspecified atom stereocenters. The lowest BCUT2D eigenvalue weighted by atomic mass is 9.78. The normalized spacial score (nSPS) is 18.5. The molecule has 3 aromatic carbocycles. The van der Waals surface area contributed by atoms with E-state index in [9.17, 15) is 9.59 Å². The van der Waals surface area contributed by atoms with Gasteiger partial charge in [0.2, 0.25) is 0 Å². The van der Waals surface area contributed by atoms with Crippen molar-refractivity contribution in [2.75, 3.05) is 24.4 Å². The van der Waals surface area contributed by atoms with Crippen molar-refractivity contribution in [3.8, 4) is 17.2 Å². The van der Waals surface area contributed by atoms with E-state index in [1.165, 1.54) is 6.92 Å². The van der Waals surface area contributed by atoms with E-state index in [1.807, 2.05) is 67.6 Å². The Labute approximate surface area is 216 Å². The number of fused-ring (bicyclic) bond motifs is 1. The summed E-state index contributed by atoms with van der Waals surface area (Å²) in [6.07, 6.45) is 1.11. The van der Waals surface area contributed by atoms with Gasteiger partial charge in [-0.15, -0.1) is 0 Å². The van der Waals surface area contributed by atoms with Crippen molar-refractivity contribution in [3.05, 3.63) is 89.1 Å². The summed E-state index contributed by atoms with van der Waals surface area (Å²) >= 11 is 0. The topological polar surface area (TPSA) is 85.9 Å². The molecule has 5 rings (SSSR count). The number of carbonyl (C=O) groups is 2. The number of methoxy groups -OCH3 is 1. The fourth-order valence-corrected chi connectivity index (χ4v) is 5.07. The minimum Gasteiger partial charge on any atom is -0.497 e. The number of anilines is 2. The molecule has 3 aromatic rings. The first-order valence-electron chi connectivity index (χ1n) is 12.4. The summed E-state index contributed by atoms with van der Waals surface area (Å²) in [7, 11) is 1.64. The van der Waals surface area contributed by atoms with Crippen LogP contribution in [0.4, 0.5) is 11.4 Å². The van der Waals surface area contributed by atoms with Gasteiger partial charge in [0.25, 0.3) is 0 Å². The Balaban J connectivity index is 1.57. The quantitative estimate of drug-likeness (QED) is 0.318. The van der Waals surface area contributed by atoms with Gasteiger partial charge in [0.05, 0.1) is 31.1 Å². The molecule has 2 N–H and O–H groups in total. The number of benzene rings is 3. The molecule has 0 amide bonds. The van der Waals surface area contributed by atoms with Crippen LogP contribution >= 0.6 is 0 Å². The van der Waals surface area contributed by atoms with Gasteiger partial charge in [-0.1, -0.05) is 30.3 Å². The van der Waals surface area contributed by atoms with Crippen LogP contribution in [0.2, 0.25) is 0 Å². The SMILES string of the molecule is CCOc1cc([C@H]2Nc3ccccc3NC3=C2C(=O)C[C@@H](c2ccc(OC)cc2)C3)ccc1OC(C)=O. The monoisotopic (exact) mass is 498 g/mol. The number of rotatable bonds is 6. The maximum Gasteiger partial charge on any atom is 0.308 e. The van der Waals surface area contributed by atoms with Crippen molar-refractivity contribution in [2.45, 2.75) is 38.6 Å². The predicted molar refractivity (Wildman–Crippen MR) is 142 cm³/mol. The Bertz CT molecular complexity index is 1360. The maximum atomic E-state index is 13.8. The average molecular weight is 499 g/mol. The predicted octanol–water partition coefficient (Wildman–Crippen LogP) is 6.00. The van der Waals surface area contributed by atoms with Gasteiger partial charge in [-0.2, -0.15) is 0 Å². The van der Waals surface area contributed by atoms with E-state index in [0.29, 0.717) is 36.5 Å². The highest BCUT2D eigenvalue weighted by Gasteiger charge is 2.36. The standard InChI is InChI=1S/C30H30N2O5/c1-4-36-28-17-20(11-14-27(28)37-18(2)33)30-29-25(31-23-7-5-6-8-24(23)32-30)15-21(16-26(29)34)19-9-12-22(35-3)13-10-19/h5-14,17,21,30-32H,4,15-16H2,1-3H3/t21-,30+/m0/s1. The number of nitrogens with one attached hydrogen (secondary N) is 2. The first-order valence-corrected chi connectivity index (χ1v) is 12.4. The van der Waals surface area contributed by atoms with Gasteiger partial charge in [-0.3, -0.25) is 9.59 Å². The molecule has 1 aliphatic carbocycles. The van der Waals surface area contributed by atoms with E-state index in [0.717, 1.165) is 33.9 Å². The first-order chi connectivity index (χ1) is 18.0. The lowest BCUT2D eigenvalue weighted by Crippen LogP contribution is -2.27. The molecule has 0 saturated carbocycles. The van der Waals surface area contributed by atoms with E-state index in [-0.39, 0.29) is 11.7 Å². The van der Waals surface area contributed by atoms with E-state index < -0.39 is 12.0 Å². The van der Waals surface area contributed by atoms with Gasteiger partial charge in [0, 0.05) is 24.6 Å². The molecule has 7 heteroatoms. The highest BCUT2D eigenvalue weighted by molar-refractivity contribution is 6.01. The molecule has 190 valence electrons. The molecule has 0 aromatic heterocycles. The van der Waals surface area contributed by atoms with Crippen molar-refractivity contribution >= 4 is 23.1 Å². The lowest BCUT2D eigenvalue weighted by molar-refractivity contribution is -0.132. The summed E-state index contributed by atoms with van der Waals surface area (Å²) in [5, 5.41) is 7.15. The molecular formula is C30H30N2O5. The third kappa shape index (κ3) is 5.03. The summed E-state index contributed by atoms with van der Waals surface area (Å²) in [6, 6.07) is 20.9. The van der Waals surface area contributed by atoms with E-state index >= 15 is 0 Å².